The van der Waals surface area contributed by atoms with E-state index >= 15 is 0 Å². The first-order valence-corrected chi connectivity index (χ1v) is 10.7. The van der Waals surface area contributed by atoms with Gasteiger partial charge in [-0.15, -0.1) is 11.3 Å². The Balaban J connectivity index is 2.03. The molecule has 4 aromatic rings. The third-order valence-corrected chi connectivity index (χ3v) is 6.59. The summed E-state index contributed by atoms with van der Waals surface area (Å²) in [6.45, 7) is 1.67. The van der Waals surface area contributed by atoms with Gasteiger partial charge in [0.2, 0.25) is 0 Å². The van der Waals surface area contributed by atoms with Crippen LogP contribution in [0.15, 0.2) is 46.7 Å². The van der Waals surface area contributed by atoms with Gasteiger partial charge in [0.15, 0.2) is 0 Å². The van der Waals surface area contributed by atoms with Crippen molar-refractivity contribution < 1.29 is 18.5 Å². The molecule has 2 aromatic heterocycles. The van der Waals surface area contributed by atoms with E-state index in [1.165, 1.54) is 23.5 Å². The number of aliphatic carboxylic acids is 1. The molecule has 27 heavy (non-hydrogen) atoms. The molecular weight excluding hydrogens is 385 g/mol. The van der Waals surface area contributed by atoms with Gasteiger partial charge in [-0.2, -0.15) is 0 Å². The van der Waals surface area contributed by atoms with Crippen LogP contribution in [0.3, 0.4) is 0 Å². The highest BCUT2D eigenvalue weighted by Gasteiger charge is 2.20. The number of halogens is 1. The highest BCUT2D eigenvalue weighted by molar-refractivity contribution is 7.84. The fourth-order valence-corrected chi connectivity index (χ4v) is 5.12. The predicted octanol–water partition coefficient (Wildman–Crippen LogP) is 4.79. The number of carboxylic acid groups (broad SMARTS) is 1. The lowest BCUT2D eigenvalue weighted by molar-refractivity contribution is -0.137. The molecule has 4 rings (SSSR count). The highest BCUT2D eigenvalue weighted by atomic mass is 32.2. The molecule has 1 N–H and O–H groups in total. The molecule has 0 radical (unpaired) electrons. The van der Waals surface area contributed by atoms with Gasteiger partial charge in [0, 0.05) is 59.8 Å². The van der Waals surface area contributed by atoms with E-state index in [-0.39, 0.29) is 12.4 Å². The molecular formula is C20H16FNO3S2. The van der Waals surface area contributed by atoms with Gasteiger partial charge in [0.1, 0.15) is 12.4 Å². The Bertz CT molecular complexity index is 1240. The Morgan fingerprint density at radius 3 is 2.70 bits per heavy atom. The molecule has 0 fully saturated rings. The van der Waals surface area contributed by atoms with Crippen molar-refractivity contribution in [2.45, 2.75) is 18.4 Å². The largest absolute Gasteiger partial charge is 0.480 e. The second kappa shape index (κ2) is 6.58. The van der Waals surface area contributed by atoms with Crippen LogP contribution in [-0.2, 0) is 22.1 Å². The smallest absolute Gasteiger partial charge is 0.323 e. The third kappa shape index (κ3) is 2.96. The van der Waals surface area contributed by atoms with E-state index in [1.807, 2.05) is 30.5 Å². The summed E-state index contributed by atoms with van der Waals surface area (Å²) in [5.74, 6) is -1.31. The number of benzene rings is 2. The summed E-state index contributed by atoms with van der Waals surface area (Å²) < 4.78 is 28.4. The second-order valence-corrected chi connectivity index (χ2v) is 8.65. The first-order valence-electron chi connectivity index (χ1n) is 8.22. The lowest BCUT2D eigenvalue weighted by Crippen LogP contribution is -2.09. The van der Waals surface area contributed by atoms with Gasteiger partial charge in [-0.05, 0) is 42.6 Å². The van der Waals surface area contributed by atoms with Crippen LogP contribution in [0.1, 0.15) is 5.69 Å². The van der Waals surface area contributed by atoms with Gasteiger partial charge in [0.25, 0.3) is 0 Å². The molecule has 0 aliphatic heterocycles. The number of nitrogens with zero attached hydrogens (tertiary/aromatic N) is 1. The molecule has 7 heteroatoms. The summed E-state index contributed by atoms with van der Waals surface area (Å²) in [5.41, 5.74) is 3.24. The maximum atomic E-state index is 14.0. The quantitative estimate of drug-likeness (QED) is 0.535. The van der Waals surface area contributed by atoms with E-state index in [2.05, 4.69) is 0 Å². The lowest BCUT2D eigenvalue weighted by Gasteiger charge is -2.05. The average molecular weight is 401 g/mol. The molecule has 4 nitrogen and oxygen atoms in total. The summed E-state index contributed by atoms with van der Waals surface area (Å²) >= 11 is 1.53. The third-order valence-electron chi connectivity index (χ3n) is 4.73. The summed E-state index contributed by atoms with van der Waals surface area (Å²) in [4.78, 5) is 12.1. The monoisotopic (exact) mass is 401 g/mol. The number of hydrogen-bond acceptors (Lipinski definition) is 3. The number of aromatic nitrogens is 1. The first kappa shape index (κ1) is 17.9. The summed E-state index contributed by atoms with van der Waals surface area (Å²) in [5, 5.41) is 12.9. The van der Waals surface area contributed by atoms with Crippen molar-refractivity contribution in [2.24, 2.45) is 0 Å². The van der Waals surface area contributed by atoms with Crippen LogP contribution in [0.4, 0.5) is 4.39 Å². The van der Waals surface area contributed by atoms with Crippen LogP contribution in [0, 0.1) is 12.7 Å². The van der Waals surface area contributed by atoms with Crippen LogP contribution in [-0.4, -0.2) is 26.1 Å². The van der Waals surface area contributed by atoms with Gasteiger partial charge >= 0.3 is 5.97 Å². The SMILES string of the molecule is Cc1c(-c2csc3cc(S(C)=O)ccc23)c2cc(F)ccc2n1CC(=O)O. The molecule has 2 heterocycles. The molecule has 0 spiro atoms. The molecule has 0 saturated heterocycles. The van der Waals surface area contributed by atoms with E-state index in [4.69, 9.17) is 0 Å². The molecule has 0 amide bonds. The molecule has 2 aromatic carbocycles. The predicted molar refractivity (Wildman–Crippen MR) is 107 cm³/mol. The normalized spacial score (nSPS) is 12.7. The Kier molecular flexibility index (Phi) is 4.36. The number of hydrogen-bond donors (Lipinski definition) is 1. The molecule has 0 aliphatic carbocycles. The Labute approximate surface area is 161 Å². The zero-order chi connectivity index (χ0) is 19.3. The maximum absolute atomic E-state index is 14.0. The zero-order valence-corrected chi connectivity index (χ0v) is 16.3. The van der Waals surface area contributed by atoms with Crippen molar-refractivity contribution in [2.75, 3.05) is 6.26 Å². The maximum Gasteiger partial charge on any atom is 0.323 e. The molecule has 1 unspecified atom stereocenters. The summed E-state index contributed by atoms with van der Waals surface area (Å²) in [6, 6.07) is 10.1. The van der Waals surface area contributed by atoms with Crippen molar-refractivity contribution in [1.82, 2.24) is 4.57 Å². The van der Waals surface area contributed by atoms with Crippen LogP contribution < -0.4 is 0 Å². The van der Waals surface area contributed by atoms with Crippen molar-refractivity contribution in [3.8, 4) is 11.1 Å². The van der Waals surface area contributed by atoms with Crippen LogP contribution in [0.5, 0.6) is 0 Å². The van der Waals surface area contributed by atoms with E-state index in [0.29, 0.717) is 10.9 Å². The van der Waals surface area contributed by atoms with E-state index in [0.717, 1.165) is 31.8 Å². The fourth-order valence-electron chi connectivity index (χ4n) is 3.51. The lowest BCUT2D eigenvalue weighted by atomic mass is 10.0. The number of carbonyl (C=O) groups is 1. The second-order valence-electron chi connectivity index (χ2n) is 6.36. The standard InChI is InChI=1S/C20H16FNO3S2/c1-11-20(15-7-12(21)3-6-17(15)22(11)9-19(23)24)16-10-26-18-8-13(27(2)25)4-5-14(16)18/h3-8,10H,9H2,1-2H3,(H,23,24). The Morgan fingerprint density at radius 1 is 1.22 bits per heavy atom. The van der Waals surface area contributed by atoms with Gasteiger partial charge in [-0.25, -0.2) is 4.39 Å². The minimum atomic E-state index is -1.06. The molecule has 0 bridgehead atoms. The topological polar surface area (TPSA) is 59.3 Å². The van der Waals surface area contributed by atoms with Gasteiger partial charge < -0.3 is 9.67 Å². The Morgan fingerprint density at radius 2 is 2.00 bits per heavy atom. The van der Waals surface area contributed by atoms with E-state index in [1.54, 1.807) is 16.9 Å². The minimum absolute atomic E-state index is 0.186. The molecule has 0 saturated carbocycles. The van der Waals surface area contributed by atoms with Gasteiger partial charge in [-0.1, -0.05) is 6.07 Å². The molecule has 1 atom stereocenters. The number of rotatable bonds is 4. The van der Waals surface area contributed by atoms with Crippen LogP contribution >= 0.6 is 11.3 Å². The molecule has 0 aliphatic rings. The van der Waals surface area contributed by atoms with Crippen LogP contribution in [0.2, 0.25) is 0 Å². The number of thiophene rings is 1. The van der Waals surface area contributed by atoms with Crippen molar-refractivity contribution in [3.05, 3.63) is 53.3 Å². The van der Waals surface area contributed by atoms with E-state index < -0.39 is 16.8 Å². The molecule has 138 valence electrons. The van der Waals surface area contributed by atoms with Crippen molar-refractivity contribution in [3.63, 3.8) is 0 Å². The number of fused-ring (bicyclic) bond motifs is 2. The minimum Gasteiger partial charge on any atom is -0.480 e. The van der Waals surface area contributed by atoms with Crippen molar-refractivity contribution in [1.29, 1.82) is 0 Å². The first-order chi connectivity index (χ1) is 12.9. The Hall–Kier alpha value is -2.51. The number of carboxylic acids is 1. The van der Waals surface area contributed by atoms with Gasteiger partial charge in [0.05, 0.1) is 0 Å². The highest BCUT2D eigenvalue weighted by Crippen LogP contribution is 2.41. The summed E-state index contributed by atoms with van der Waals surface area (Å²) in [7, 11) is -1.06. The zero-order valence-electron chi connectivity index (χ0n) is 14.7. The average Bonchev–Trinajstić information content (AvgIpc) is 3.13. The van der Waals surface area contributed by atoms with E-state index in [9.17, 15) is 18.5 Å². The van der Waals surface area contributed by atoms with Crippen molar-refractivity contribution >= 4 is 49.1 Å². The summed E-state index contributed by atoms with van der Waals surface area (Å²) in [6.07, 6.45) is 1.64. The fraction of sp³-hybridized carbons (Fsp3) is 0.150. The van der Waals surface area contributed by atoms with Crippen LogP contribution in [0.25, 0.3) is 32.1 Å². The van der Waals surface area contributed by atoms with Gasteiger partial charge in [-0.3, -0.25) is 9.00 Å².